The minimum atomic E-state index is -0.380. The Kier molecular flexibility index (Phi) is 5.76. The number of aromatic nitrogens is 2. The molecule has 1 aliphatic heterocycles. The summed E-state index contributed by atoms with van der Waals surface area (Å²) in [5.41, 5.74) is 2.59. The van der Waals surface area contributed by atoms with E-state index in [1.54, 1.807) is 41.8 Å². The third-order valence-corrected chi connectivity index (χ3v) is 6.29. The van der Waals surface area contributed by atoms with Crippen molar-refractivity contribution in [3.8, 4) is 16.3 Å². The van der Waals surface area contributed by atoms with Gasteiger partial charge in [0.15, 0.2) is 0 Å². The summed E-state index contributed by atoms with van der Waals surface area (Å²) in [5, 5.41) is 3.85. The van der Waals surface area contributed by atoms with E-state index in [0.717, 1.165) is 26.8 Å². The molecule has 1 N–H and O–H groups in total. The lowest BCUT2D eigenvalue weighted by Crippen LogP contribution is -2.32. The van der Waals surface area contributed by atoms with Gasteiger partial charge in [-0.2, -0.15) is 0 Å². The molecule has 0 spiro atoms. The van der Waals surface area contributed by atoms with Crippen LogP contribution in [0.4, 0.5) is 5.69 Å². The zero-order valence-corrected chi connectivity index (χ0v) is 17.6. The van der Waals surface area contributed by atoms with E-state index in [9.17, 15) is 9.59 Å². The number of hydrogen-bond acceptors (Lipinski definition) is 6. The molecule has 0 radical (unpaired) electrons. The maximum atomic E-state index is 12.7. The summed E-state index contributed by atoms with van der Waals surface area (Å²) < 4.78 is 5.23. The van der Waals surface area contributed by atoms with Gasteiger partial charge in [-0.3, -0.25) is 14.6 Å². The minimum absolute atomic E-state index is 0.0590. The minimum Gasteiger partial charge on any atom is -0.497 e. The van der Waals surface area contributed by atoms with E-state index in [4.69, 9.17) is 4.74 Å². The Morgan fingerprint density at radius 1 is 1.33 bits per heavy atom. The standard InChI is InChI=1S/C22H22N4O3S/c1-14-19(30-22(25-14)15-5-4-8-23-11-15)12-24-21(28)16-9-20(27)26(13-16)17-6-3-7-18(10-17)29-2/h3-8,10-11,16H,9,12-13H2,1-2H3,(H,24,28). The van der Waals surface area contributed by atoms with Crippen molar-refractivity contribution < 1.29 is 14.3 Å². The van der Waals surface area contributed by atoms with Crippen molar-refractivity contribution >= 4 is 28.8 Å². The highest BCUT2D eigenvalue weighted by atomic mass is 32.1. The summed E-state index contributed by atoms with van der Waals surface area (Å²) in [4.78, 5) is 36.5. The lowest BCUT2D eigenvalue weighted by molar-refractivity contribution is -0.126. The van der Waals surface area contributed by atoms with Gasteiger partial charge in [0.1, 0.15) is 10.8 Å². The molecule has 1 saturated heterocycles. The van der Waals surface area contributed by atoms with Crippen LogP contribution < -0.4 is 15.0 Å². The number of nitrogens with zero attached hydrogens (tertiary/aromatic N) is 3. The average Bonchev–Trinajstić information content (AvgIpc) is 3.35. The predicted molar refractivity (Wildman–Crippen MR) is 115 cm³/mol. The zero-order valence-electron chi connectivity index (χ0n) is 16.8. The topological polar surface area (TPSA) is 84.4 Å². The van der Waals surface area contributed by atoms with E-state index in [1.807, 2.05) is 37.3 Å². The van der Waals surface area contributed by atoms with E-state index in [1.165, 1.54) is 0 Å². The van der Waals surface area contributed by atoms with Crippen LogP contribution in [0.25, 0.3) is 10.6 Å². The number of thiazole rings is 1. The Morgan fingerprint density at radius 3 is 2.97 bits per heavy atom. The van der Waals surface area contributed by atoms with Crippen LogP contribution in [0.1, 0.15) is 17.0 Å². The number of pyridine rings is 1. The van der Waals surface area contributed by atoms with Gasteiger partial charge in [0, 0.05) is 47.6 Å². The van der Waals surface area contributed by atoms with Crippen LogP contribution in [0.5, 0.6) is 5.75 Å². The van der Waals surface area contributed by atoms with Crippen LogP contribution >= 0.6 is 11.3 Å². The first-order valence-electron chi connectivity index (χ1n) is 9.64. The van der Waals surface area contributed by atoms with Gasteiger partial charge in [-0.15, -0.1) is 11.3 Å². The molecule has 0 aliphatic carbocycles. The fourth-order valence-electron chi connectivity index (χ4n) is 3.43. The van der Waals surface area contributed by atoms with Crippen LogP contribution in [-0.2, 0) is 16.1 Å². The summed E-state index contributed by atoms with van der Waals surface area (Å²) >= 11 is 1.54. The molecule has 3 heterocycles. The Hall–Kier alpha value is -3.26. The summed E-state index contributed by atoms with van der Waals surface area (Å²) in [6.07, 6.45) is 3.70. The first-order chi connectivity index (χ1) is 14.5. The van der Waals surface area contributed by atoms with Crippen molar-refractivity contribution in [2.75, 3.05) is 18.6 Å². The molecule has 0 saturated carbocycles. The molecule has 8 heteroatoms. The SMILES string of the molecule is COc1cccc(N2CC(C(=O)NCc3sc(-c4cccnc4)nc3C)CC2=O)c1. The number of aryl methyl sites for hydroxylation is 1. The van der Waals surface area contributed by atoms with Crippen LogP contribution in [-0.4, -0.2) is 35.4 Å². The molecule has 1 aliphatic rings. The zero-order chi connectivity index (χ0) is 21.1. The molecule has 3 aromatic rings. The Labute approximate surface area is 178 Å². The highest BCUT2D eigenvalue weighted by Gasteiger charge is 2.35. The van der Waals surface area contributed by atoms with E-state index in [0.29, 0.717) is 18.8 Å². The maximum Gasteiger partial charge on any atom is 0.227 e. The number of rotatable bonds is 6. The second-order valence-electron chi connectivity index (χ2n) is 7.09. The fourth-order valence-corrected chi connectivity index (χ4v) is 4.42. The summed E-state index contributed by atoms with van der Waals surface area (Å²) in [5.74, 6) is 0.119. The van der Waals surface area contributed by atoms with E-state index in [-0.39, 0.29) is 24.2 Å². The van der Waals surface area contributed by atoms with Crippen molar-refractivity contribution in [3.05, 3.63) is 59.4 Å². The first-order valence-corrected chi connectivity index (χ1v) is 10.5. The molecular formula is C22H22N4O3S. The highest BCUT2D eigenvalue weighted by Crippen LogP contribution is 2.29. The molecule has 7 nitrogen and oxygen atoms in total. The molecule has 1 unspecified atom stereocenters. The molecule has 1 atom stereocenters. The molecule has 2 amide bonds. The summed E-state index contributed by atoms with van der Waals surface area (Å²) in [7, 11) is 1.59. The van der Waals surface area contributed by atoms with Gasteiger partial charge in [0.25, 0.3) is 0 Å². The van der Waals surface area contributed by atoms with Crippen molar-refractivity contribution in [2.24, 2.45) is 5.92 Å². The number of anilines is 1. The first kappa shape index (κ1) is 20.0. The van der Waals surface area contributed by atoms with Gasteiger partial charge < -0.3 is 15.0 Å². The van der Waals surface area contributed by atoms with Crippen LogP contribution in [0.15, 0.2) is 48.8 Å². The fraction of sp³-hybridized carbons (Fsp3) is 0.273. The quantitative estimate of drug-likeness (QED) is 0.660. The molecule has 30 heavy (non-hydrogen) atoms. The van der Waals surface area contributed by atoms with Crippen LogP contribution in [0, 0.1) is 12.8 Å². The largest absolute Gasteiger partial charge is 0.497 e. The normalized spacial score (nSPS) is 16.0. The molecule has 1 fully saturated rings. The number of benzene rings is 1. The number of hydrogen-bond donors (Lipinski definition) is 1. The second kappa shape index (κ2) is 8.62. The van der Waals surface area contributed by atoms with Gasteiger partial charge in [-0.25, -0.2) is 4.98 Å². The highest BCUT2D eigenvalue weighted by molar-refractivity contribution is 7.15. The molecule has 2 aromatic heterocycles. The Bertz CT molecular complexity index is 1070. The third-order valence-electron chi connectivity index (χ3n) is 5.09. The number of ether oxygens (including phenoxy) is 1. The average molecular weight is 423 g/mol. The van der Waals surface area contributed by atoms with E-state index in [2.05, 4.69) is 15.3 Å². The lowest BCUT2D eigenvalue weighted by atomic mass is 10.1. The van der Waals surface area contributed by atoms with Gasteiger partial charge >= 0.3 is 0 Å². The van der Waals surface area contributed by atoms with Gasteiger partial charge in [-0.05, 0) is 31.2 Å². The van der Waals surface area contributed by atoms with Gasteiger partial charge in [0.2, 0.25) is 11.8 Å². The monoisotopic (exact) mass is 422 g/mol. The smallest absolute Gasteiger partial charge is 0.227 e. The Balaban J connectivity index is 1.39. The number of amides is 2. The van der Waals surface area contributed by atoms with E-state index < -0.39 is 0 Å². The Morgan fingerprint density at radius 2 is 2.20 bits per heavy atom. The number of methoxy groups -OCH3 is 1. The number of nitrogens with one attached hydrogen (secondary N) is 1. The third kappa shape index (κ3) is 4.18. The van der Waals surface area contributed by atoms with Crippen molar-refractivity contribution in [1.82, 2.24) is 15.3 Å². The van der Waals surface area contributed by atoms with Crippen LogP contribution in [0.2, 0.25) is 0 Å². The van der Waals surface area contributed by atoms with Gasteiger partial charge in [0.05, 0.1) is 25.3 Å². The van der Waals surface area contributed by atoms with Crippen LogP contribution in [0.3, 0.4) is 0 Å². The molecular weight excluding hydrogens is 400 g/mol. The van der Waals surface area contributed by atoms with Gasteiger partial charge in [-0.1, -0.05) is 6.07 Å². The number of carbonyl (C=O) groups excluding carboxylic acids is 2. The number of carbonyl (C=O) groups is 2. The summed E-state index contributed by atoms with van der Waals surface area (Å²) in [6, 6.07) is 11.1. The molecule has 0 bridgehead atoms. The molecule has 1 aromatic carbocycles. The second-order valence-corrected chi connectivity index (χ2v) is 8.18. The molecule has 4 rings (SSSR count). The molecule has 154 valence electrons. The van der Waals surface area contributed by atoms with Crippen molar-refractivity contribution in [3.63, 3.8) is 0 Å². The lowest BCUT2D eigenvalue weighted by Gasteiger charge is -2.17. The summed E-state index contributed by atoms with van der Waals surface area (Å²) in [6.45, 7) is 2.69. The van der Waals surface area contributed by atoms with Crippen molar-refractivity contribution in [2.45, 2.75) is 19.9 Å². The predicted octanol–water partition coefficient (Wildman–Crippen LogP) is 3.19. The van der Waals surface area contributed by atoms with Crippen molar-refractivity contribution in [1.29, 1.82) is 0 Å². The maximum absolute atomic E-state index is 12.7. The van der Waals surface area contributed by atoms with E-state index >= 15 is 0 Å².